The molecule has 0 saturated carbocycles. The van der Waals surface area contributed by atoms with Gasteiger partial charge >= 0.3 is 0 Å². The second-order valence-electron chi connectivity index (χ2n) is 2.97. The number of thiol groups is 1. The van der Waals surface area contributed by atoms with Crippen molar-refractivity contribution in [1.29, 1.82) is 5.41 Å². The molecule has 1 rings (SSSR count). The summed E-state index contributed by atoms with van der Waals surface area (Å²) in [6.07, 6.45) is 0. The monoisotopic (exact) mass is 207 g/mol. The topological polar surface area (TPSA) is 62.2 Å². The highest BCUT2D eigenvalue weighted by Gasteiger charge is 1.96. The van der Waals surface area contributed by atoms with Gasteiger partial charge in [-0.1, -0.05) is 12.1 Å². The van der Waals surface area contributed by atoms with E-state index in [1.807, 2.05) is 31.2 Å². The van der Waals surface area contributed by atoms with Gasteiger partial charge in [0, 0.05) is 10.6 Å². The average molecular weight is 207 g/mol. The lowest BCUT2D eigenvalue weighted by atomic mass is 10.1. The molecular weight excluding hydrogens is 194 g/mol. The van der Waals surface area contributed by atoms with Gasteiger partial charge in [-0.25, -0.2) is 0 Å². The van der Waals surface area contributed by atoms with Gasteiger partial charge in [0.05, 0.1) is 6.54 Å². The summed E-state index contributed by atoms with van der Waals surface area (Å²) in [5.41, 5.74) is 7.12. The summed E-state index contributed by atoms with van der Waals surface area (Å²) >= 11 is 4.19. The fourth-order valence-corrected chi connectivity index (χ4v) is 1.15. The van der Waals surface area contributed by atoms with Crippen molar-refractivity contribution in [2.75, 3.05) is 6.54 Å². The smallest absolute Gasteiger partial charge is 0.113 e. The second kappa shape index (κ2) is 4.81. The number of amidine groups is 1. The molecular formula is C10H13N3S. The van der Waals surface area contributed by atoms with Crippen molar-refractivity contribution < 1.29 is 0 Å². The maximum Gasteiger partial charge on any atom is 0.113 e. The molecule has 1 aromatic carbocycles. The number of nitrogens with one attached hydrogen (secondary N) is 1. The zero-order chi connectivity index (χ0) is 10.6. The zero-order valence-corrected chi connectivity index (χ0v) is 8.88. The molecule has 3 nitrogen and oxygen atoms in total. The molecule has 0 bridgehead atoms. The molecule has 0 aromatic heterocycles. The highest BCUT2D eigenvalue weighted by Crippen LogP contribution is 2.08. The standard InChI is InChI=1S/C10H13N3S/c1-7(13-6-10(11)12)8-2-4-9(14)5-3-8/h2-5,14H,6H2,1H3,(H3,11,12). The van der Waals surface area contributed by atoms with Crippen molar-refractivity contribution >= 4 is 24.2 Å². The van der Waals surface area contributed by atoms with Gasteiger partial charge in [0.1, 0.15) is 5.84 Å². The first-order chi connectivity index (χ1) is 6.59. The molecule has 74 valence electrons. The molecule has 3 N–H and O–H groups in total. The van der Waals surface area contributed by atoms with Gasteiger partial charge in [0.25, 0.3) is 0 Å². The lowest BCUT2D eigenvalue weighted by Crippen LogP contribution is -2.14. The van der Waals surface area contributed by atoms with Crippen LogP contribution in [0, 0.1) is 5.41 Å². The van der Waals surface area contributed by atoms with Crippen LogP contribution >= 0.6 is 12.6 Å². The third-order valence-electron chi connectivity index (χ3n) is 1.77. The summed E-state index contributed by atoms with van der Waals surface area (Å²) in [5.74, 6) is 0.0789. The Bertz CT molecular complexity index is 354. The van der Waals surface area contributed by atoms with Gasteiger partial charge in [-0.05, 0) is 24.6 Å². The summed E-state index contributed by atoms with van der Waals surface area (Å²) in [6, 6.07) is 7.71. The number of nitrogens with zero attached hydrogens (tertiary/aromatic N) is 1. The lowest BCUT2D eigenvalue weighted by Gasteiger charge is -2.00. The molecule has 0 amide bonds. The number of benzene rings is 1. The van der Waals surface area contributed by atoms with E-state index >= 15 is 0 Å². The van der Waals surface area contributed by atoms with E-state index in [9.17, 15) is 0 Å². The first-order valence-corrected chi connectivity index (χ1v) is 4.67. The number of nitrogens with two attached hydrogens (primary N) is 1. The van der Waals surface area contributed by atoms with Crippen LogP contribution in [-0.2, 0) is 0 Å². The van der Waals surface area contributed by atoms with Gasteiger partial charge in [0.15, 0.2) is 0 Å². The van der Waals surface area contributed by atoms with Crippen LogP contribution in [0.4, 0.5) is 0 Å². The van der Waals surface area contributed by atoms with Gasteiger partial charge in [-0.2, -0.15) is 0 Å². The van der Waals surface area contributed by atoms with Crippen LogP contribution in [0.3, 0.4) is 0 Å². The van der Waals surface area contributed by atoms with E-state index in [0.717, 1.165) is 16.2 Å². The molecule has 4 heteroatoms. The van der Waals surface area contributed by atoms with Crippen LogP contribution in [0.5, 0.6) is 0 Å². The first kappa shape index (κ1) is 10.8. The maximum atomic E-state index is 7.04. The van der Waals surface area contributed by atoms with Crippen molar-refractivity contribution in [2.45, 2.75) is 11.8 Å². The molecule has 0 aliphatic heterocycles. The number of aliphatic imine (C=N–C) groups is 1. The molecule has 0 saturated heterocycles. The zero-order valence-electron chi connectivity index (χ0n) is 7.99. The number of rotatable bonds is 3. The van der Waals surface area contributed by atoms with Gasteiger partial charge < -0.3 is 5.73 Å². The minimum Gasteiger partial charge on any atom is -0.386 e. The quantitative estimate of drug-likeness (QED) is 0.394. The van der Waals surface area contributed by atoms with E-state index in [1.165, 1.54) is 0 Å². The Kier molecular flexibility index (Phi) is 3.71. The van der Waals surface area contributed by atoms with Crippen LogP contribution in [0.25, 0.3) is 0 Å². The van der Waals surface area contributed by atoms with E-state index in [0.29, 0.717) is 0 Å². The van der Waals surface area contributed by atoms with Crippen LogP contribution < -0.4 is 5.73 Å². The SMILES string of the molecule is CC(=NCC(=N)N)c1ccc(S)cc1. The summed E-state index contributed by atoms with van der Waals surface area (Å²) in [6.45, 7) is 2.16. The molecule has 14 heavy (non-hydrogen) atoms. The van der Waals surface area contributed by atoms with E-state index in [1.54, 1.807) is 0 Å². The fourth-order valence-electron chi connectivity index (χ4n) is 0.998. The molecule has 0 fully saturated rings. The summed E-state index contributed by atoms with van der Waals surface area (Å²) < 4.78 is 0. The normalized spacial score (nSPS) is 11.4. The minimum atomic E-state index is 0.0789. The Hall–Kier alpha value is -1.29. The Morgan fingerprint density at radius 1 is 1.43 bits per heavy atom. The Morgan fingerprint density at radius 2 is 2.00 bits per heavy atom. The van der Waals surface area contributed by atoms with Crippen molar-refractivity contribution in [3.05, 3.63) is 29.8 Å². The number of hydrogen-bond donors (Lipinski definition) is 3. The Balaban J connectivity index is 2.78. The number of hydrogen-bond acceptors (Lipinski definition) is 3. The van der Waals surface area contributed by atoms with Gasteiger partial charge in [-0.15, -0.1) is 12.6 Å². The van der Waals surface area contributed by atoms with E-state index in [2.05, 4.69) is 17.6 Å². The largest absolute Gasteiger partial charge is 0.386 e. The fraction of sp³-hybridized carbons (Fsp3) is 0.200. The van der Waals surface area contributed by atoms with Crippen molar-refractivity contribution in [3.63, 3.8) is 0 Å². The van der Waals surface area contributed by atoms with Crippen molar-refractivity contribution in [3.8, 4) is 0 Å². The summed E-state index contributed by atoms with van der Waals surface area (Å²) in [5, 5.41) is 7.04. The minimum absolute atomic E-state index is 0.0789. The van der Waals surface area contributed by atoms with Gasteiger partial charge in [0.2, 0.25) is 0 Å². The van der Waals surface area contributed by atoms with E-state index < -0.39 is 0 Å². The third-order valence-corrected chi connectivity index (χ3v) is 2.07. The van der Waals surface area contributed by atoms with Crippen LogP contribution in [0.2, 0.25) is 0 Å². The van der Waals surface area contributed by atoms with Crippen molar-refractivity contribution in [2.24, 2.45) is 10.7 Å². The highest BCUT2D eigenvalue weighted by atomic mass is 32.1. The lowest BCUT2D eigenvalue weighted by molar-refractivity contribution is 1.22. The molecule has 1 aromatic rings. The van der Waals surface area contributed by atoms with Crippen LogP contribution in [-0.4, -0.2) is 18.1 Å². The van der Waals surface area contributed by atoms with E-state index in [-0.39, 0.29) is 12.4 Å². The van der Waals surface area contributed by atoms with Gasteiger partial charge in [-0.3, -0.25) is 10.4 Å². The molecule has 0 heterocycles. The van der Waals surface area contributed by atoms with Crippen LogP contribution in [0.15, 0.2) is 34.2 Å². The van der Waals surface area contributed by atoms with E-state index in [4.69, 9.17) is 11.1 Å². The molecule has 0 radical (unpaired) electrons. The summed E-state index contributed by atoms with van der Waals surface area (Å²) in [7, 11) is 0. The predicted octanol–water partition coefficient (Wildman–Crippen LogP) is 1.72. The molecule has 0 unspecified atom stereocenters. The third kappa shape index (κ3) is 3.22. The molecule has 0 aliphatic rings. The second-order valence-corrected chi connectivity index (χ2v) is 3.49. The molecule has 0 aliphatic carbocycles. The predicted molar refractivity (Wildman–Crippen MR) is 62.7 cm³/mol. The Labute approximate surface area is 89.0 Å². The molecule has 0 atom stereocenters. The average Bonchev–Trinajstić information content (AvgIpc) is 2.15. The van der Waals surface area contributed by atoms with Crippen LogP contribution in [0.1, 0.15) is 12.5 Å². The first-order valence-electron chi connectivity index (χ1n) is 4.23. The van der Waals surface area contributed by atoms with Crippen molar-refractivity contribution in [1.82, 2.24) is 0 Å². The molecule has 0 spiro atoms. The Morgan fingerprint density at radius 3 is 2.50 bits per heavy atom. The summed E-state index contributed by atoms with van der Waals surface area (Å²) in [4.78, 5) is 5.09. The maximum absolute atomic E-state index is 7.04. The highest BCUT2D eigenvalue weighted by molar-refractivity contribution is 7.80.